The molecule has 0 saturated carbocycles. The number of pyridine rings is 1. The zero-order valence-electron chi connectivity index (χ0n) is 16.0. The predicted octanol–water partition coefficient (Wildman–Crippen LogP) is 3.87. The molecule has 3 rings (SSSR count). The van der Waals surface area contributed by atoms with Gasteiger partial charge in [-0.1, -0.05) is 6.07 Å². The number of aromatic nitrogens is 2. The van der Waals surface area contributed by atoms with E-state index in [9.17, 15) is 9.59 Å². The van der Waals surface area contributed by atoms with Gasteiger partial charge in [-0.25, -0.2) is 4.98 Å². The molecule has 3 heterocycles. The number of thioether (sulfide) groups is 1. The second-order valence-corrected chi connectivity index (χ2v) is 7.53. The van der Waals surface area contributed by atoms with E-state index >= 15 is 0 Å². The van der Waals surface area contributed by atoms with Crippen molar-refractivity contribution in [3.63, 3.8) is 0 Å². The molecule has 142 valence electrons. The Morgan fingerprint density at radius 3 is 2.67 bits per heavy atom. The first-order chi connectivity index (χ1) is 12.9. The largest absolute Gasteiger partial charge is 0.385 e. The first-order valence-electron chi connectivity index (χ1n) is 8.78. The van der Waals surface area contributed by atoms with Gasteiger partial charge in [0.05, 0.1) is 4.91 Å². The summed E-state index contributed by atoms with van der Waals surface area (Å²) in [5, 5.41) is -0.226. The summed E-state index contributed by atoms with van der Waals surface area (Å²) in [5.41, 5.74) is 4.02. The van der Waals surface area contributed by atoms with E-state index in [-0.39, 0.29) is 11.1 Å². The molecule has 27 heavy (non-hydrogen) atoms. The molecule has 0 aromatic carbocycles. The van der Waals surface area contributed by atoms with Gasteiger partial charge in [-0.05, 0) is 68.3 Å². The number of hydrogen-bond acceptors (Lipinski definition) is 5. The molecule has 1 aliphatic rings. The Morgan fingerprint density at radius 1 is 1.22 bits per heavy atom. The van der Waals surface area contributed by atoms with Crippen molar-refractivity contribution in [2.24, 2.45) is 0 Å². The van der Waals surface area contributed by atoms with Crippen LogP contribution in [0.15, 0.2) is 29.3 Å². The molecule has 0 bridgehead atoms. The monoisotopic (exact) mass is 385 g/mol. The van der Waals surface area contributed by atoms with Crippen LogP contribution in [0.2, 0.25) is 0 Å². The topological polar surface area (TPSA) is 64.4 Å². The molecule has 6 nitrogen and oxygen atoms in total. The predicted molar refractivity (Wildman–Crippen MR) is 107 cm³/mol. The highest BCUT2D eigenvalue weighted by Gasteiger charge is 2.34. The summed E-state index contributed by atoms with van der Waals surface area (Å²) < 4.78 is 7.05. The molecular formula is C20H23N3O3S. The van der Waals surface area contributed by atoms with Crippen LogP contribution in [0.4, 0.5) is 4.79 Å². The van der Waals surface area contributed by atoms with Crippen molar-refractivity contribution in [3.8, 4) is 5.82 Å². The summed E-state index contributed by atoms with van der Waals surface area (Å²) in [4.78, 5) is 31.0. The Kier molecular flexibility index (Phi) is 5.82. The maximum Gasteiger partial charge on any atom is 0.293 e. The van der Waals surface area contributed by atoms with E-state index in [0.29, 0.717) is 24.5 Å². The molecule has 2 amide bonds. The lowest BCUT2D eigenvalue weighted by atomic mass is 10.2. The Morgan fingerprint density at radius 2 is 2.00 bits per heavy atom. The fraction of sp³-hybridized carbons (Fsp3) is 0.350. The second-order valence-electron chi connectivity index (χ2n) is 6.54. The normalized spacial score (nSPS) is 16.0. The Hall–Kier alpha value is -2.38. The SMILES string of the molecule is COCCCN1C(=O)S/C(=C/c2cc(C)n(-c3ccc(C)cn3)c2C)C1=O. The van der Waals surface area contributed by atoms with Crippen LogP contribution >= 0.6 is 11.8 Å². The van der Waals surface area contributed by atoms with Crippen LogP contribution in [0.3, 0.4) is 0 Å². The first kappa shape index (κ1) is 19.4. The minimum Gasteiger partial charge on any atom is -0.385 e. The zero-order chi connectivity index (χ0) is 19.6. The zero-order valence-corrected chi connectivity index (χ0v) is 16.8. The van der Waals surface area contributed by atoms with Crippen molar-refractivity contribution in [3.05, 3.63) is 51.8 Å². The average Bonchev–Trinajstić information content (AvgIpc) is 3.06. The van der Waals surface area contributed by atoms with Gasteiger partial charge in [0.15, 0.2) is 0 Å². The number of aryl methyl sites for hydroxylation is 2. The summed E-state index contributed by atoms with van der Waals surface area (Å²) >= 11 is 0.989. The minimum atomic E-state index is -0.237. The Balaban J connectivity index is 1.87. The van der Waals surface area contributed by atoms with Crippen LogP contribution in [0.25, 0.3) is 11.9 Å². The molecule has 2 aromatic rings. The maximum absolute atomic E-state index is 12.6. The molecule has 1 aliphatic heterocycles. The van der Waals surface area contributed by atoms with Crippen molar-refractivity contribution in [1.82, 2.24) is 14.5 Å². The lowest BCUT2D eigenvalue weighted by Gasteiger charge is -2.11. The van der Waals surface area contributed by atoms with Gasteiger partial charge < -0.3 is 9.30 Å². The summed E-state index contributed by atoms with van der Waals surface area (Å²) in [6.45, 7) is 6.89. The van der Waals surface area contributed by atoms with Crippen molar-refractivity contribution < 1.29 is 14.3 Å². The number of methoxy groups -OCH3 is 1. The number of hydrogen-bond donors (Lipinski definition) is 0. The number of carbonyl (C=O) groups excluding carboxylic acids is 2. The fourth-order valence-corrected chi connectivity index (χ4v) is 3.94. The van der Waals surface area contributed by atoms with E-state index in [1.807, 2.05) is 49.7 Å². The first-order valence-corrected chi connectivity index (χ1v) is 9.60. The van der Waals surface area contributed by atoms with Gasteiger partial charge in [0.1, 0.15) is 5.82 Å². The number of imide groups is 1. The van der Waals surface area contributed by atoms with Gasteiger partial charge >= 0.3 is 0 Å². The molecule has 1 saturated heterocycles. The smallest absolute Gasteiger partial charge is 0.293 e. The third-order valence-corrected chi connectivity index (χ3v) is 5.39. The standard InChI is InChI=1S/C20H23N3O3S/c1-13-6-7-18(21-12-13)23-14(2)10-16(15(23)3)11-17-19(24)22(20(25)27-17)8-5-9-26-4/h6-7,10-12H,5,8-9H2,1-4H3/b17-11+. The summed E-state index contributed by atoms with van der Waals surface area (Å²) in [7, 11) is 1.60. The summed E-state index contributed by atoms with van der Waals surface area (Å²) in [6.07, 6.45) is 4.27. The van der Waals surface area contributed by atoms with Crippen LogP contribution < -0.4 is 0 Å². The third kappa shape index (κ3) is 3.99. The molecule has 0 atom stereocenters. The Bertz CT molecular complexity index is 900. The van der Waals surface area contributed by atoms with Crippen molar-refractivity contribution in [2.45, 2.75) is 27.2 Å². The van der Waals surface area contributed by atoms with Crippen LogP contribution in [-0.4, -0.2) is 45.9 Å². The van der Waals surface area contributed by atoms with E-state index < -0.39 is 0 Å². The number of nitrogens with zero attached hydrogens (tertiary/aromatic N) is 3. The van der Waals surface area contributed by atoms with E-state index in [2.05, 4.69) is 4.98 Å². The molecule has 1 fully saturated rings. The van der Waals surface area contributed by atoms with E-state index in [4.69, 9.17) is 4.74 Å². The van der Waals surface area contributed by atoms with E-state index in [1.165, 1.54) is 4.90 Å². The highest BCUT2D eigenvalue weighted by molar-refractivity contribution is 8.18. The molecule has 2 aromatic heterocycles. The van der Waals surface area contributed by atoms with Crippen LogP contribution in [0.5, 0.6) is 0 Å². The van der Waals surface area contributed by atoms with Gasteiger partial charge in [0, 0.05) is 37.8 Å². The number of ether oxygens (including phenoxy) is 1. The minimum absolute atomic E-state index is 0.226. The number of amides is 2. The third-order valence-electron chi connectivity index (χ3n) is 4.49. The van der Waals surface area contributed by atoms with Crippen molar-refractivity contribution >= 4 is 29.0 Å². The highest BCUT2D eigenvalue weighted by atomic mass is 32.2. The van der Waals surface area contributed by atoms with Gasteiger partial charge in [-0.2, -0.15) is 0 Å². The van der Waals surface area contributed by atoms with Gasteiger partial charge in [0.2, 0.25) is 0 Å². The van der Waals surface area contributed by atoms with Crippen molar-refractivity contribution in [1.29, 1.82) is 0 Å². The molecule has 0 unspecified atom stereocenters. The van der Waals surface area contributed by atoms with Crippen LogP contribution in [0, 0.1) is 20.8 Å². The van der Waals surface area contributed by atoms with Gasteiger partial charge in [-0.15, -0.1) is 0 Å². The van der Waals surface area contributed by atoms with Crippen LogP contribution in [0.1, 0.15) is 28.9 Å². The number of carbonyl (C=O) groups is 2. The summed E-state index contributed by atoms with van der Waals surface area (Å²) in [6, 6.07) is 6.00. The van der Waals surface area contributed by atoms with E-state index in [0.717, 1.165) is 40.1 Å². The summed E-state index contributed by atoms with van der Waals surface area (Å²) in [5.74, 6) is 0.599. The molecule has 0 N–H and O–H groups in total. The van der Waals surface area contributed by atoms with E-state index in [1.54, 1.807) is 13.2 Å². The fourth-order valence-electron chi connectivity index (χ4n) is 3.08. The van der Waals surface area contributed by atoms with Crippen molar-refractivity contribution in [2.75, 3.05) is 20.3 Å². The van der Waals surface area contributed by atoms with Gasteiger partial charge in [0.25, 0.3) is 11.1 Å². The molecule has 0 spiro atoms. The quantitative estimate of drug-likeness (QED) is 0.558. The number of rotatable bonds is 6. The average molecular weight is 385 g/mol. The highest BCUT2D eigenvalue weighted by Crippen LogP contribution is 2.33. The maximum atomic E-state index is 12.6. The van der Waals surface area contributed by atoms with Gasteiger partial charge in [-0.3, -0.25) is 14.5 Å². The van der Waals surface area contributed by atoms with Crippen LogP contribution in [-0.2, 0) is 9.53 Å². The molecule has 7 heteroatoms. The lowest BCUT2D eigenvalue weighted by molar-refractivity contribution is -0.122. The Labute approximate surface area is 163 Å². The molecular weight excluding hydrogens is 362 g/mol. The molecule has 0 radical (unpaired) electrons. The second kappa shape index (κ2) is 8.10. The lowest BCUT2D eigenvalue weighted by Crippen LogP contribution is -2.29. The molecule has 0 aliphatic carbocycles.